The summed E-state index contributed by atoms with van der Waals surface area (Å²) in [6.45, 7) is 0.590. The molecule has 7 nitrogen and oxygen atoms in total. The number of nitrogens with zero attached hydrogens (tertiary/aromatic N) is 1. The average Bonchev–Trinajstić information content (AvgIpc) is 3.21. The van der Waals surface area contributed by atoms with Crippen LogP contribution >= 0.6 is 0 Å². The van der Waals surface area contributed by atoms with Crippen LogP contribution in [-0.2, 0) is 14.4 Å². The third-order valence-electron chi connectivity index (χ3n) is 7.98. The minimum atomic E-state index is -0.355. The fraction of sp³-hybridized carbons (Fsp3) is 0.600. The monoisotopic (exact) mass is 437 g/mol. The largest absolute Gasteiger partial charge is 0.347 e. The number of benzene rings is 1. The molecular formula is C25H31N3O4. The SMILES string of the molecule is O=C(CNC(=O)c1ccc(N2CCCC2=O)cc1)NCC(=O)C1C2CC3CC(C2)CC1C3. The first-order valence-corrected chi connectivity index (χ1v) is 12.0. The van der Waals surface area contributed by atoms with Gasteiger partial charge in [-0.2, -0.15) is 0 Å². The highest BCUT2D eigenvalue weighted by Gasteiger charge is 2.50. The van der Waals surface area contributed by atoms with Crippen LogP contribution in [0.5, 0.6) is 0 Å². The zero-order valence-corrected chi connectivity index (χ0v) is 18.3. The number of anilines is 1. The highest BCUT2D eigenvalue weighted by atomic mass is 16.2. The lowest BCUT2D eigenvalue weighted by Crippen LogP contribution is -2.50. The van der Waals surface area contributed by atoms with E-state index in [1.807, 2.05) is 0 Å². The summed E-state index contributed by atoms with van der Waals surface area (Å²) in [6, 6.07) is 6.82. The molecule has 1 aromatic carbocycles. The minimum Gasteiger partial charge on any atom is -0.347 e. The fourth-order valence-corrected chi connectivity index (χ4v) is 6.79. The molecule has 1 saturated heterocycles. The molecule has 0 aromatic heterocycles. The van der Waals surface area contributed by atoms with Crippen LogP contribution in [0.2, 0.25) is 0 Å². The molecule has 1 aromatic rings. The number of nitrogens with one attached hydrogen (secondary N) is 2. The predicted molar refractivity (Wildman–Crippen MR) is 119 cm³/mol. The molecule has 4 bridgehead atoms. The van der Waals surface area contributed by atoms with Crippen molar-refractivity contribution >= 4 is 29.2 Å². The second-order valence-corrected chi connectivity index (χ2v) is 10.1. The van der Waals surface area contributed by atoms with Crippen molar-refractivity contribution in [2.45, 2.75) is 44.9 Å². The van der Waals surface area contributed by atoms with Crippen LogP contribution < -0.4 is 15.5 Å². The van der Waals surface area contributed by atoms with E-state index in [1.165, 1.54) is 32.1 Å². The maximum Gasteiger partial charge on any atom is 0.251 e. The number of ketones is 1. The van der Waals surface area contributed by atoms with E-state index in [1.54, 1.807) is 29.2 Å². The molecule has 170 valence electrons. The summed E-state index contributed by atoms with van der Waals surface area (Å²) in [5.41, 5.74) is 1.21. The third-order valence-corrected chi connectivity index (χ3v) is 7.98. The van der Waals surface area contributed by atoms with Crippen LogP contribution in [0, 0.1) is 29.6 Å². The summed E-state index contributed by atoms with van der Waals surface area (Å²) in [7, 11) is 0. The van der Waals surface area contributed by atoms with E-state index in [4.69, 9.17) is 0 Å². The maximum atomic E-state index is 12.8. The Morgan fingerprint density at radius 3 is 2.12 bits per heavy atom. The van der Waals surface area contributed by atoms with E-state index in [0.29, 0.717) is 30.4 Å². The summed E-state index contributed by atoms with van der Waals surface area (Å²) < 4.78 is 0. The summed E-state index contributed by atoms with van der Waals surface area (Å²) in [6.07, 6.45) is 7.47. The van der Waals surface area contributed by atoms with Crippen LogP contribution in [0.15, 0.2) is 24.3 Å². The lowest BCUT2D eigenvalue weighted by Gasteiger charge is -2.53. The number of Topliss-reactive ketones (excluding diaryl/α,β-unsaturated/α-hetero) is 1. The molecule has 0 radical (unpaired) electrons. The quantitative estimate of drug-likeness (QED) is 0.684. The lowest BCUT2D eigenvalue weighted by molar-refractivity contribution is -0.136. The van der Waals surface area contributed by atoms with E-state index in [9.17, 15) is 19.2 Å². The Kier molecular flexibility index (Phi) is 5.74. The van der Waals surface area contributed by atoms with Gasteiger partial charge in [-0.1, -0.05) is 0 Å². The Labute approximate surface area is 188 Å². The summed E-state index contributed by atoms with van der Waals surface area (Å²) in [5, 5.41) is 5.31. The van der Waals surface area contributed by atoms with Crippen LogP contribution in [0.4, 0.5) is 5.69 Å². The van der Waals surface area contributed by atoms with Crippen molar-refractivity contribution in [2.24, 2.45) is 29.6 Å². The zero-order chi connectivity index (χ0) is 22.2. The average molecular weight is 438 g/mol. The van der Waals surface area contributed by atoms with Crippen molar-refractivity contribution in [1.29, 1.82) is 0 Å². The topological polar surface area (TPSA) is 95.6 Å². The van der Waals surface area contributed by atoms with Crippen LogP contribution in [-0.4, -0.2) is 43.1 Å². The molecule has 7 heteroatoms. The molecular weight excluding hydrogens is 406 g/mol. The molecule has 0 spiro atoms. The van der Waals surface area contributed by atoms with Gasteiger partial charge in [0.05, 0.1) is 13.1 Å². The maximum absolute atomic E-state index is 12.8. The van der Waals surface area contributed by atoms with Gasteiger partial charge in [0.1, 0.15) is 0 Å². The van der Waals surface area contributed by atoms with Gasteiger partial charge in [-0.15, -0.1) is 0 Å². The molecule has 4 saturated carbocycles. The van der Waals surface area contributed by atoms with Gasteiger partial charge in [0.2, 0.25) is 11.8 Å². The van der Waals surface area contributed by atoms with E-state index in [0.717, 1.165) is 23.9 Å². The first-order valence-electron chi connectivity index (χ1n) is 12.0. The number of hydrogen-bond donors (Lipinski definition) is 2. The number of rotatable bonds is 7. The van der Waals surface area contributed by atoms with Crippen LogP contribution in [0.1, 0.15) is 55.3 Å². The second kappa shape index (κ2) is 8.68. The molecule has 1 aliphatic heterocycles. The van der Waals surface area contributed by atoms with Gasteiger partial charge in [0, 0.05) is 30.1 Å². The van der Waals surface area contributed by atoms with E-state index < -0.39 is 0 Å². The number of hydrogen-bond acceptors (Lipinski definition) is 4. The van der Waals surface area contributed by atoms with Crippen molar-refractivity contribution in [3.05, 3.63) is 29.8 Å². The standard InChI is InChI=1S/C25H31N3O4/c29-21(24-18-9-15-8-16(11-18)12-19(24)10-15)13-26-22(30)14-27-25(32)17-3-5-20(6-4-17)28-7-1-2-23(28)31/h3-6,15-16,18-19,24H,1-2,7-14H2,(H,26,30)(H,27,32). The van der Waals surface area contributed by atoms with Crippen molar-refractivity contribution in [2.75, 3.05) is 24.5 Å². The molecule has 4 aliphatic carbocycles. The zero-order valence-electron chi connectivity index (χ0n) is 18.3. The van der Waals surface area contributed by atoms with Gasteiger partial charge >= 0.3 is 0 Å². The minimum absolute atomic E-state index is 0.0558. The highest BCUT2D eigenvalue weighted by Crippen LogP contribution is 2.56. The normalized spacial score (nSPS) is 30.4. The molecule has 1 heterocycles. The van der Waals surface area contributed by atoms with Crippen molar-refractivity contribution < 1.29 is 19.2 Å². The van der Waals surface area contributed by atoms with Gasteiger partial charge in [-0.25, -0.2) is 0 Å². The van der Waals surface area contributed by atoms with Crippen LogP contribution in [0.3, 0.4) is 0 Å². The lowest BCUT2D eigenvalue weighted by atomic mass is 9.51. The number of carbonyl (C=O) groups excluding carboxylic acids is 4. The second-order valence-electron chi connectivity index (χ2n) is 10.1. The van der Waals surface area contributed by atoms with E-state index in [-0.39, 0.29) is 42.5 Å². The van der Waals surface area contributed by atoms with Crippen molar-refractivity contribution in [3.8, 4) is 0 Å². The van der Waals surface area contributed by atoms with Crippen molar-refractivity contribution in [3.63, 3.8) is 0 Å². The van der Waals surface area contributed by atoms with Gasteiger partial charge in [-0.3, -0.25) is 19.2 Å². The first kappa shape index (κ1) is 21.2. The Hall–Kier alpha value is -2.70. The molecule has 0 unspecified atom stereocenters. The Morgan fingerprint density at radius 2 is 1.53 bits per heavy atom. The summed E-state index contributed by atoms with van der Waals surface area (Å²) >= 11 is 0. The number of carbonyl (C=O) groups is 4. The molecule has 0 atom stereocenters. The first-order chi connectivity index (χ1) is 15.5. The molecule has 2 N–H and O–H groups in total. The van der Waals surface area contributed by atoms with Gasteiger partial charge in [0.25, 0.3) is 5.91 Å². The molecule has 5 aliphatic rings. The Morgan fingerprint density at radius 1 is 0.875 bits per heavy atom. The Bertz CT molecular complexity index is 898. The van der Waals surface area contributed by atoms with Gasteiger partial charge < -0.3 is 15.5 Å². The smallest absolute Gasteiger partial charge is 0.251 e. The summed E-state index contributed by atoms with van der Waals surface area (Å²) in [4.78, 5) is 51.0. The number of amides is 3. The fourth-order valence-electron chi connectivity index (χ4n) is 6.79. The third kappa shape index (κ3) is 4.17. The molecule has 6 rings (SSSR count). The molecule has 3 amide bonds. The van der Waals surface area contributed by atoms with Gasteiger partial charge in [-0.05, 0) is 86.5 Å². The summed E-state index contributed by atoms with van der Waals surface area (Å²) in [5.74, 6) is 2.31. The van der Waals surface area contributed by atoms with Crippen molar-refractivity contribution in [1.82, 2.24) is 10.6 Å². The highest BCUT2D eigenvalue weighted by molar-refractivity contribution is 5.99. The molecule has 32 heavy (non-hydrogen) atoms. The predicted octanol–water partition coefficient (Wildman–Crippen LogP) is 2.30. The molecule has 5 fully saturated rings. The van der Waals surface area contributed by atoms with Gasteiger partial charge in [0.15, 0.2) is 5.78 Å². The Balaban J connectivity index is 1.07. The van der Waals surface area contributed by atoms with Crippen LogP contribution in [0.25, 0.3) is 0 Å². The van der Waals surface area contributed by atoms with E-state index >= 15 is 0 Å². The van der Waals surface area contributed by atoms with E-state index in [2.05, 4.69) is 10.6 Å².